The van der Waals surface area contributed by atoms with Crippen molar-refractivity contribution in [2.24, 2.45) is 0 Å². The molecule has 0 fully saturated rings. The number of fused-ring (bicyclic) bond motifs is 10. The van der Waals surface area contributed by atoms with Gasteiger partial charge in [-0.1, -0.05) is 96.3 Å². The van der Waals surface area contributed by atoms with E-state index in [-0.39, 0.29) is 0 Å². The van der Waals surface area contributed by atoms with Crippen LogP contribution in [0.5, 0.6) is 0 Å². The monoisotopic (exact) mass is 528 g/mol. The molecule has 0 N–H and O–H groups in total. The first kappa shape index (κ1) is 21.8. The molecule has 0 spiro atoms. The maximum absolute atomic E-state index is 5.16. The molecule has 0 aliphatic heterocycles. The quantitative estimate of drug-likeness (QED) is 0.210. The topological polar surface area (TPSA) is 43.1 Å². The first-order valence-corrected chi connectivity index (χ1v) is 14.1. The highest BCUT2D eigenvalue weighted by molar-refractivity contribution is 7.24. The standard InChI is InChI=1S/C35H20N4S/c1-2-8-23(9-3-1)32-33(37-27-11-5-4-10-26(27)36-32)24-17-15-21-14-16-22-18-19-30-34(31(22)25(21)20-24)40-35-38-28-12-6-7-13-29(28)39(30)35/h1-20H. The van der Waals surface area contributed by atoms with Gasteiger partial charge >= 0.3 is 0 Å². The fourth-order valence-electron chi connectivity index (χ4n) is 5.92. The normalized spacial score (nSPS) is 12.0. The summed E-state index contributed by atoms with van der Waals surface area (Å²) in [5, 5.41) is 4.89. The summed E-state index contributed by atoms with van der Waals surface area (Å²) in [6.45, 7) is 0. The molecule has 0 amide bonds. The van der Waals surface area contributed by atoms with Crippen LogP contribution in [0.25, 0.3) is 81.3 Å². The molecular weight excluding hydrogens is 508 g/mol. The van der Waals surface area contributed by atoms with E-state index >= 15 is 0 Å². The van der Waals surface area contributed by atoms with Gasteiger partial charge in [0.1, 0.15) is 0 Å². The van der Waals surface area contributed by atoms with Crippen molar-refractivity contribution < 1.29 is 0 Å². The lowest BCUT2D eigenvalue weighted by Gasteiger charge is -2.12. The molecule has 9 rings (SSSR count). The second-order valence-corrected chi connectivity index (χ2v) is 11.1. The zero-order chi connectivity index (χ0) is 26.2. The summed E-state index contributed by atoms with van der Waals surface area (Å²) in [4.78, 5) is 16.2. The fraction of sp³-hybridized carbons (Fsp3) is 0. The Balaban J connectivity index is 1.37. The molecule has 0 unspecified atom stereocenters. The third-order valence-electron chi connectivity index (χ3n) is 7.79. The van der Waals surface area contributed by atoms with E-state index in [4.69, 9.17) is 15.0 Å². The molecule has 0 atom stereocenters. The van der Waals surface area contributed by atoms with Crippen molar-refractivity contribution in [3.63, 3.8) is 0 Å². The smallest absolute Gasteiger partial charge is 0.195 e. The van der Waals surface area contributed by atoms with E-state index in [1.165, 1.54) is 31.8 Å². The van der Waals surface area contributed by atoms with E-state index in [1.807, 2.05) is 36.4 Å². The zero-order valence-electron chi connectivity index (χ0n) is 21.2. The summed E-state index contributed by atoms with van der Waals surface area (Å²) in [5.74, 6) is 0. The number of thiazole rings is 1. The van der Waals surface area contributed by atoms with Gasteiger partial charge in [-0.05, 0) is 52.6 Å². The molecule has 3 aromatic heterocycles. The largest absolute Gasteiger partial charge is 0.283 e. The molecule has 0 aliphatic rings. The van der Waals surface area contributed by atoms with Crippen LogP contribution >= 0.6 is 11.3 Å². The Morgan fingerprint density at radius 3 is 1.98 bits per heavy atom. The van der Waals surface area contributed by atoms with Gasteiger partial charge in [-0.3, -0.25) is 4.40 Å². The van der Waals surface area contributed by atoms with E-state index < -0.39 is 0 Å². The summed E-state index contributed by atoms with van der Waals surface area (Å²) in [6, 6.07) is 42.4. The molecular formula is C35H20N4S. The Morgan fingerprint density at radius 1 is 0.500 bits per heavy atom. The molecule has 0 saturated carbocycles. The van der Waals surface area contributed by atoms with Crippen LogP contribution in [-0.2, 0) is 0 Å². The van der Waals surface area contributed by atoms with Crippen molar-refractivity contribution >= 4 is 70.1 Å². The average Bonchev–Trinajstić information content (AvgIpc) is 3.56. The van der Waals surface area contributed by atoms with E-state index in [9.17, 15) is 0 Å². The molecule has 4 nitrogen and oxygen atoms in total. The number of rotatable bonds is 2. The summed E-state index contributed by atoms with van der Waals surface area (Å²) >= 11 is 1.76. The first-order chi connectivity index (χ1) is 19.8. The summed E-state index contributed by atoms with van der Waals surface area (Å²) in [7, 11) is 0. The van der Waals surface area contributed by atoms with Crippen LogP contribution in [0.4, 0.5) is 0 Å². The van der Waals surface area contributed by atoms with Crippen molar-refractivity contribution in [2.45, 2.75) is 0 Å². The number of para-hydroxylation sites is 4. The predicted molar refractivity (Wildman–Crippen MR) is 167 cm³/mol. The minimum absolute atomic E-state index is 0.892. The Morgan fingerprint density at radius 2 is 1.15 bits per heavy atom. The molecule has 3 heterocycles. The van der Waals surface area contributed by atoms with Gasteiger partial charge in [0, 0.05) is 16.5 Å². The van der Waals surface area contributed by atoms with Crippen molar-refractivity contribution in [1.29, 1.82) is 0 Å². The van der Waals surface area contributed by atoms with Crippen molar-refractivity contribution in [2.75, 3.05) is 0 Å². The molecule has 6 aromatic carbocycles. The molecule has 0 radical (unpaired) electrons. The Hall–Kier alpha value is -5.13. The Kier molecular flexibility index (Phi) is 4.45. The zero-order valence-corrected chi connectivity index (χ0v) is 22.1. The maximum atomic E-state index is 5.16. The number of benzene rings is 6. The number of hydrogen-bond acceptors (Lipinski definition) is 4. The number of aromatic nitrogens is 4. The second kappa shape index (κ2) is 8.18. The van der Waals surface area contributed by atoms with Crippen LogP contribution in [-0.4, -0.2) is 19.4 Å². The second-order valence-electron chi connectivity index (χ2n) is 10.1. The van der Waals surface area contributed by atoms with Crippen LogP contribution in [0.15, 0.2) is 121 Å². The summed E-state index contributed by atoms with van der Waals surface area (Å²) < 4.78 is 3.54. The van der Waals surface area contributed by atoms with Crippen molar-refractivity contribution in [1.82, 2.24) is 19.4 Å². The molecule has 5 heteroatoms. The highest BCUT2D eigenvalue weighted by Crippen LogP contribution is 2.40. The van der Waals surface area contributed by atoms with E-state index in [0.717, 1.165) is 49.5 Å². The third kappa shape index (κ3) is 3.09. The van der Waals surface area contributed by atoms with Gasteiger partial charge in [-0.2, -0.15) is 0 Å². The summed E-state index contributed by atoms with van der Waals surface area (Å²) in [5.41, 5.74) is 9.05. The molecule has 0 bridgehead atoms. The third-order valence-corrected chi connectivity index (χ3v) is 8.86. The van der Waals surface area contributed by atoms with Crippen LogP contribution in [0.2, 0.25) is 0 Å². The highest BCUT2D eigenvalue weighted by atomic mass is 32.1. The molecule has 0 aliphatic carbocycles. The van der Waals surface area contributed by atoms with Gasteiger partial charge in [0.05, 0.1) is 43.7 Å². The van der Waals surface area contributed by atoms with Crippen molar-refractivity contribution in [3.8, 4) is 22.5 Å². The van der Waals surface area contributed by atoms with E-state index in [0.29, 0.717) is 0 Å². The molecule has 9 aromatic rings. The fourth-order valence-corrected chi connectivity index (χ4v) is 7.13. The lowest BCUT2D eigenvalue weighted by molar-refractivity contribution is 1.29. The minimum Gasteiger partial charge on any atom is -0.283 e. The van der Waals surface area contributed by atoms with Gasteiger partial charge < -0.3 is 0 Å². The van der Waals surface area contributed by atoms with Gasteiger partial charge in [0.25, 0.3) is 0 Å². The van der Waals surface area contributed by atoms with Crippen LogP contribution in [0.3, 0.4) is 0 Å². The van der Waals surface area contributed by atoms with Gasteiger partial charge in [0.2, 0.25) is 0 Å². The summed E-state index contributed by atoms with van der Waals surface area (Å²) in [6.07, 6.45) is 0. The SMILES string of the molecule is c1ccc(-c2nc3ccccc3nc2-c2ccc3ccc4ccc5c(sc6nc7ccccc7n65)c4c3c2)cc1. The van der Waals surface area contributed by atoms with Crippen molar-refractivity contribution in [3.05, 3.63) is 121 Å². The predicted octanol–water partition coefficient (Wildman–Crippen LogP) is 9.29. The number of hydrogen-bond donors (Lipinski definition) is 0. The van der Waals surface area contributed by atoms with Gasteiger partial charge in [-0.25, -0.2) is 15.0 Å². The Bertz CT molecular complexity index is 2440. The first-order valence-electron chi connectivity index (χ1n) is 13.3. The highest BCUT2D eigenvalue weighted by Gasteiger charge is 2.17. The lowest BCUT2D eigenvalue weighted by Crippen LogP contribution is -1.95. The Labute approximate surface area is 232 Å². The molecule has 0 saturated heterocycles. The lowest BCUT2D eigenvalue weighted by atomic mass is 9.97. The minimum atomic E-state index is 0.892. The van der Waals surface area contributed by atoms with E-state index in [1.54, 1.807) is 11.3 Å². The van der Waals surface area contributed by atoms with Gasteiger partial charge in [0.15, 0.2) is 4.96 Å². The van der Waals surface area contributed by atoms with Crippen LogP contribution < -0.4 is 0 Å². The van der Waals surface area contributed by atoms with Crippen LogP contribution in [0, 0.1) is 0 Å². The maximum Gasteiger partial charge on any atom is 0.195 e. The molecule has 40 heavy (non-hydrogen) atoms. The van der Waals surface area contributed by atoms with Crippen LogP contribution in [0.1, 0.15) is 0 Å². The van der Waals surface area contributed by atoms with Gasteiger partial charge in [-0.15, -0.1) is 0 Å². The van der Waals surface area contributed by atoms with E-state index in [2.05, 4.69) is 89.3 Å². The number of imidazole rings is 1. The average molecular weight is 529 g/mol. The number of nitrogens with zero attached hydrogens (tertiary/aromatic N) is 4. The molecule has 186 valence electrons.